The molecule has 0 radical (unpaired) electrons. The van der Waals surface area contributed by atoms with E-state index in [0.717, 1.165) is 12.8 Å². The minimum absolute atomic E-state index is 0.218. The molecule has 0 aliphatic heterocycles. The molecule has 5 heteroatoms. The predicted molar refractivity (Wildman–Crippen MR) is 62.0 cm³/mol. The third-order valence-electron chi connectivity index (χ3n) is 4.79. The van der Waals surface area contributed by atoms with E-state index in [9.17, 15) is 18.0 Å². The molecular weight excluding hydrogens is 257 g/mol. The van der Waals surface area contributed by atoms with Crippen LogP contribution in [0.5, 0.6) is 0 Å². The summed E-state index contributed by atoms with van der Waals surface area (Å²) in [6, 6.07) is 0. The van der Waals surface area contributed by atoms with Crippen LogP contribution in [0.1, 0.15) is 19.3 Å². The zero-order valence-corrected chi connectivity index (χ0v) is 10.3. The Hall–Kier alpha value is -1.26. The van der Waals surface area contributed by atoms with Gasteiger partial charge < -0.3 is 4.74 Å². The molecule has 5 atom stereocenters. The van der Waals surface area contributed by atoms with Crippen molar-refractivity contribution >= 4 is 5.97 Å². The van der Waals surface area contributed by atoms with Crippen LogP contribution >= 0.6 is 0 Å². The van der Waals surface area contributed by atoms with Gasteiger partial charge in [0.15, 0.2) is 0 Å². The largest absolute Gasteiger partial charge is 0.458 e. The molecule has 0 N–H and O–H groups in total. The number of allylic oxidation sites excluding steroid dienone is 2. The summed E-state index contributed by atoms with van der Waals surface area (Å²) >= 11 is 0. The van der Waals surface area contributed by atoms with E-state index in [1.807, 2.05) is 0 Å². The van der Waals surface area contributed by atoms with E-state index in [4.69, 9.17) is 4.74 Å². The Labute approximate surface area is 109 Å². The van der Waals surface area contributed by atoms with Gasteiger partial charge in [-0.3, -0.25) is 0 Å². The number of hydrogen-bond donors (Lipinski definition) is 0. The van der Waals surface area contributed by atoms with Crippen molar-refractivity contribution in [3.63, 3.8) is 0 Å². The second-order valence-electron chi connectivity index (χ2n) is 5.72. The van der Waals surface area contributed by atoms with Gasteiger partial charge in [0.1, 0.15) is 11.7 Å². The van der Waals surface area contributed by atoms with Crippen molar-refractivity contribution in [2.45, 2.75) is 31.5 Å². The van der Waals surface area contributed by atoms with Gasteiger partial charge in [-0.15, -0.1) is 0 Å². The number of carbonyl (C=O) groups is 1. The topological polar surface area (TPSA) is 26.3 Å². The van der Waals surface area contributed by atoms with Crippen LogP contribution in [0.4, 0.5) is 13.2 Å². The van der Waals surface area contributed by atoms with E-state index < -0.39 is 17.7 Å². The molecule has 0 saturated heterocycles. The monoisotopic (exact) mass is 272 g/mol. The van der Waals surface area contributed by atoms with Crippen molar-refractivity contribution in [2.75, 3.05) is 0 Å². The molecule has 0 aromatic carbocycles. The third kappa shape index (κ3) is 1.99. The standard InChI is InChI=1S/C14H15F3O2/c1-7(14(15,16)17)13(18)19-12-6-8-5-11(12)10-4-2-3-9(8)10/h2-3,8-12H,1,4-6H2. The Balaban J connectivity index is 1.64. The molecule has 104 valence electrons. The Morgan fingerprint density at radius 2 is 2.00 bits per heavy atom. The van der Waals surface area contributed by atoms with Crippen LogP contribution in [0.25, 0.3) is 0 Å². The van der Waals surface area contributed by atoms with E-state index in [-0.39, 0.29) is 12.0 Å². The number of ether oxygens (including phenoxy) is 1. The maximum atomic E-state index is 12.4. The lowest BCUT2D eigenvalue weighted by Gasteiger charge is -2.31. The van der Waals surface area contributed by atoms with Crippen LogP contribution in [0.2, 0.25) is 0 Å². The average molecular weight is 272 g/mol. The first-order valence-corrected chi connectivity index (χ1v) is 6.51. The Morgan fingerprint density at radius 3 is 2.68 bits per heavy atom. The highest BCUT2D eigenvalue weighted by molar-refractivity contribution is 5.89. The van der Waals surface area contributed by atoms with E-state index in [2.05, 4.69) is 18.7 Å². The number of esters is 1. The normalized spacial score (nSPS) is 39.4. The second kappa shape index (κ2) is 4.12. The number of halogens is 3. The molecule has 2 fully saturated rings. The molecule has 0 aromatic heterocycles. The summed E-state index contributed by atoms with van der Waals surface area (Å²) in [5, 5.41) is 0. The van der Waals surface area contributed by atoms with E-state index in [0.29, 0.717) is 24.2 Å². The van der Waals surface area contributed by atoms with Gasteiger partial charge in [0.2, 0.25) is 0 Å². The third-order valence-corrected chi connectivity index (χ3v) is 4.79. The summed E-state index contributed by atoms with van der Waals surface area (Å²) in [6.45, 7) is 2.78. The molecule has 3 aliphatic carbocycles. The van der Waals surface area contributed by atoms with Gasteiger partial charge in [0.25, 0.3) is 0 Å². The van der Waals surface area contributed by atoms with Gasteiger partial charge in [0.05, 0.1) is 0 Å². The fourth-order valence-electron chi connectivity index (χ4n) is 3.96. The van der Waals surface area contributed by atoms with Crippen LogP contribution in [0.3, 0.4) is 0 Å². The maximum absolute atomic E-state index is 12.4. The molecule has 2 nitrogen and oxygen atoms in total. The molecule has 19 heavy (non-hydrogen) atoms. The fourth-order valence-corrected chi connectivity index (χ4v) is 3.96. The highest BCUT2D eigenvalue weighted by atomic mass is 19.4. The van der Waals surface area contributed by atoms with Crippen molar-refractivity contribution in [3.8, 4) is 0 Å². The highest BCUT2D eigenvalue weighted by Crippen LogP contribution is 2.57. The average Bonchev–Trinajstić information content (AvgIpc) is 2.97. The lowest BCUT2D eigenvalue weighted by molar-refractivity contribution is -0.158. The summed E-state index contributed by atoms with van der Waals surface area (Å²) in [5.74, 6) is 0.370. The smallest absolute Gasteiger partial charge is 0.422 e. The molecular formula is C14H15F3O2. The first-order valence-electron chi connectivity index (χ1n) is 6.51. The second-order valence-corrected chi connectivity index (χ2v) is 5.72. The van der Waals surface area contributed by atoms with Crippen molar-refractivity contribution in [2.24, 2.45) is 23.7 Å². The Morgan fingerprint density at radius 1 is 1.26 bits per heavy atom. The van der Waals surface area contributed by atoms with Gasteiger partial charge in [-0.2, -0.15) is 13.2 Å². The minimum Gasteiger partial charge on any atom is -0.458 e. The van der Waals surface area contributed by atoms with Crippen molar-refractivity contribution < 1.29 is 22.7 Å². The van der Waals surface area contributed by atoms with Gasteiger partial charge in [0, 0.05) is 0 Å². The van der Waals surface area contributed by atoms with E-state index in [1.165, 1.54) is 0 Å². The molecule has 5 unspecified atom stereocenters. The van der Waals surface area contributed by atoms with E-state index in [1.54, 1.807) is 0 Å². The lowest BCUT2D eigenvalue weighted by Crippen LogP contribution is -2.34. The number of hydrogen-bond acceptors (Lipinski definition) is 2. The molecule has 2 saturated carbocycles. The molecule has 0 amide bonds. The summed E-state index contributed by atoms with van der Waals surface area (Å²) in [4.78, 5) is 11.5. The van der Waals surface area contributed by atoms with Crippen molar-refractivity contribution in [1.82, 2.24) is 0 Å². The number of alkyl halides is 3. The molecule has 0 heterocycles. The zero-order chi connectivity index (χ0) is 13.8. The van der Waals surface area contributed by atoms with Gasteiger partial charge in [-0.1, -0.05) is 18.7 Å². The first-order chi connectivity index (χ1) is 8.88. The molecule has 0 spiro atoms. The fraction of sp³-hybridized carbons (Fsp3) is 0.643. The first kappa shape index (κ1) is 12.8. The van der Waals surface area contributed by atoms with E-state index >= 15 is 0 Å². The Bertz CT molecular complexity index is 452. The number of rotatable bonds is 2. The van der Waals surface area contributed by atoms with Gasteiger partial charge in [-0.25, -0.2) is 4.79 Å². The van der Waals surface area contributed by atoms with Gasteiger partial charge in [-0.05, 0) is 42.9 Å². The van der Waals surface area contributed by atoms with Crippen LogP contribution in [-0.2, 0) is 9.53 Å². The summed E-state index contributed by atoms with van der Waals surface area (Å²) < 4.78 is 42.2. The summed E-state index contributed by atoms with van der Waals surface area (Å²) in [7, 11) is 0. The molecule has 3 rings (SSSR count). The van der Waals surface area contributed by atoms with Crippen LogP contribution in [0.15, 0.2) is 24.3 Å². The van der Waals surface area contributed by atoms with Crippen LogP contribution in [0, 0.1) is 23.7 Å². The minimum atomic E-state index is -4.70. The van der Waals surface area contributed by atoms with Crippen molar-refractivity contribution in [3.05, 3.63) is 24.3 Å². The SMILES string of the molecule is C=C(C(=O)OC1CC2CC1C1CC=CC21)C(F)(F)F. The van der Waals surface area contributed by atoms with Crippen LogP contribution in [-0.4, -0.2) is 18.2 Å². The van der Waals surface area contributed by atoms with Crippen LogP contribution < -0.4 is 0 Å². The van der Waals surface area contributed by atoms with Crippen molar-refractivity contribution in [1.29, 1.82) is 0 Å². The number of carbonyl (C=O) groups excluding carboxylic acids is 1. The number of fused-ring (bicyclic) bond motifs is 5. The summed E-state index contributed by atoms with van der Waals surface area (Å²) in [6.07, 6.45) is 1.89. The molecule has 3 aliphatic rings. The summed E-state index contributed by atoms with van der Waals surface area (Å²) in [5.41, 5.74) is -1.41. The van der Waals surface area contributed by atoms with Gasteiger partial charge >= 0.3 is 12.1 Å². The predicted octanol–water partition coefficient (Wildman–Crippen LogP) is 3.25. The maximum Gasteiger partial charge on any atom is 0.422 e. The quantitative estimate of drug-likeness (QED) is 0.438. The zero-order valence-electron chi connectivity index (χ0n) is 10.3. The molecule has 2 bridgehead atoms. The highest BCUT2D eigenvalue weighted by Gasteiger charge is 2.54. The Kier molecular flexibility index (Phi) is 2.76. The molecule has 0 aromatic rings. The lowest BCUT2D eigenvalue weighted by atomic mass is 9.80.